The van der Waals surface area contributed by atoms with Crippen LogP contribution in [0.25, 0.3) is 0 Å². The molecule has 0 saturated heterocycles. The third-order valence-electron chi connectivity index (χ3n) is 3.49. The largest absolute Gasteiger partial charge is 0.352 e. The summed E-state index contributed by atoms with van der Waals surface area (Å²) < 4.78 is 27.2. The molecule has 0 aromatic rings. The Labute approximate surface area is 146 Å². The second-order valence-corrected chi connectivity index (χ2v) is 9.00. The summed E-state index contributed by atoms with van der Waals surface area (Å²) in [5.74, 6) is 0.327. The van der Waals surface area contributed by atoms with Crippen molar-refractivity contribution in [1.29, 1.82) is 0 Å². The molecular weight excluding hydrogens is 334 g/mol. The van der Waals surface area contributed by atoms with Gasteiger partial charge in [-0.25, -0.2) is 13.1 Å². The third kappa shape index (κ3) is 8.19. The lowest BCUT2D eigenvalue weighted by Gasteiger charge is -2.31. The van der Waals surface area contributed by atoms with Crippen molar-refractivity contribution in [3.05, 3.63) is 11.5 Å². The van der Waals surface area contributed by atoms with E-state index in [1.807, 2.05) is 6.92 Å². The maximum Gasteiger partial charge on any atom is 0.236 e. The fourth-order valence-corrected chi connectivity index (χ4v) is 4.04. The minimum absolute atomic E-state index is 0.0111. The maximum absolute atomic E-state index is 12.3. The predicted octanol–water partition coefficient (Wildman–Crippen LogP) is 1.27. The van der Waals surface area contributed by atoms with Crippen LogP contribution in [-0.4, -0.2) is 44.7 Å². The minimum Gasteiger partial charge on any atom is -0.352 e. The highest BCUT2D eigenvalue weighted by Gasteiger charge is 2.29. The zero-order chi connectivity index (χ0) is 18.4. The van der Waals surface area contributed by atoms with Crippen LogP contribution in [0.2, 0.25) is 0 Å². The summed E-state index contributed by atoms with van der Waals surface area (Å²) in [6.07, 6.45) is 0.257. The van der Waals surface area contributed by atoms with E-state index in [0.717, 1.165) is 0 Å². The SMILES string of the molecule is C=C(C[C@@H](NC)[C@H](C)C(CS)NC(C)=O)S(=O)(=O)NC(C)(C)C. The monoisotopic (exact) mass is 365 g/mol. The lowest BCUT2D eigenvalue weighted by Crippen LogP contribution is -2.48. The molecule has 0 bridgehead atoms. The topological polar surface area (TPSA) is 87.3 Å². The average molecular weight is 366 g/mol. The predicted molar refractivity (Wildman–Crippen MR) is 99.0 cm³/mol. The number of sulfonamides is 1. The van der Waals surface area contributed by atoms with Crippen LogP contribution < -0.4 is 15.4 Å². The number of nitrogens with one attached hydrogen (secondary N) is 3. The van der Waals surface area contributed by atoms with E-state index in [0.29, 0.717) is 5.75 Å². The standard InChI is InChI=1S/C15H31N3O3S2/c1-10(23(20,21)18-15(4,5)6)8-13(16-7)11(2)14(9-22)17-12(3)19/h11,13-14,16,18,22H,1,8-9H2,2-7H3,(H,17,19)/t11-,13+,14?/m0/s1. The number of carbonyl (C=O) groups is 1. The quantitative estimate of drug-likeness (QED) is 0.463. The summed E-state index contributed by atoms with van der Waals surface area (Å²) in [4.78, 5) is 11.4. The molecular formula is C15H31N3O3S2. The molecule has 6 nitrogen and oxygen atoms in total. The van der Waals surface area contributed by atoms with Crippen molar-refractivity contribution in [1.82, 2.24) is 15.4 Å². The van der Waals surface area contributed by atoms with E-state index in [2.05, 4.69) is 34.6 Å². The van der Waals surface area contributed by atoms with Gasteiger partial charge in [0.05, 0.1) is 4.91 Å². The maximum atomic E-state index is 12.3. The Morgan fingerprint density at radius 1 is 1.26 bits per heavy atom. The first-order valence-corrected chi connectivity index (χ1v) is 9.72. The number of amides is 1. The number of thiol groups is 1. The Morgan fingerprint density at radius 2 is 1.78 bits per heavy atom. The van der Waals surface area contributed by atoms with Gasteiger partial charge in [0.1, 0.15) is 0 Å². The molecule has 0 saturated carbocycles. The van der Waals surface area contributed by atoms with Gasteiger partial charge in [-0.2, -0.15) is 12.6 Å². The van der Waals surface area contributed by atoms with E-state index in [9.17, 15) is 13.2 Å². The van der Waals surface area contributed by atoms with Gasteiger partial charge < -0.3 is 10.6 Å². The minimum atomic E-state index is -3.60. The molecule has 3 atom stereocenters. The molecule has 0 aromatic carbocycles. The van der Waals surface area contributed by atoms with E-state index >= 15 is 0 Å². The van der Waals surface area contributed by atoms with Crippen molar-refractivity contribution in [2.45, 2.75) is 58.7 Å². The van der Waals surface area contributed by atoms with Crippen LogP contribution in [0, 0.1) is 5.92 Å². The molecule has 23 heavy (non-hydrogen) atoms. The molecule has 0 heterocycles. The van der Waals surface area contributed by atoms with Gasteiger partial charge in [0.15, 0.2) is 0 Å². The molecule has 3 N–H and O–H groups in total. The molecule has 0 fully saturated rings. The number of hydrogen-bond acceptors (Lipinski definition) is 5. The van der Waals surface area contributed by atoms with Crippen molar-refractivity contribution in [3.63, 3.8) is 0 Å². The first-order valence-electron chi connectivity index (χ1n) is 7.61. The van der Waals surface area contributed by atoms with Crippen molar-refractivity contribution >= 4 is 28.6 Å². The highest BCUT2D eigenvalue weighted by molar-refractivity contribution is 7.93. The number of hydrogen-bond donors (Lipinski definition) is 4. The molecule has 0 aliphatic carbocycles. The van der Waals surface area contributed by atoms with Crippen LogP contribution in [0.15, 0.2) is 11.5 Å². The zero-order valence-electron chi connectivity index (χ0n) is 14.9. The van der Waals surface area contributed by atoms with Gasteiger partial charge in [-0.05, 0) is 40.2 Å². The normalized spacial score (nSPS) is 16.5. The molecule has 0 rings (SSSR count). The molecule has 8 heteroatoms. The van der Waals surface area contributed by atoms with Crippen molar-refractivity contribution in [2.24, 2.45) is 5.92 Å². The van der Waals surface area contributed by atoms with Crippen molar-refractivity contribution < 1.29 is 13.2 Å². The van der Waals surface area contributed by atoms with Crippen molar-refractivity contribution in [3.8, 4) is 0 Å². The molecule has 0 aliphatic heterocycles. The first-order chi connectivity index (χ1) is 10.3. The Balaban J connectivity index is 5.06. The molecule has 0 aliphatic rings. The molecule has 0 radical (unpaired) electrons. The zero-order valence-corrected chi connectivity index (χ0v) is 16.6. The van der Waals surface area contributed by atoms with Crippen LogP contribution in [0.5, 0.6) is 0 Å². The lowest BCUT2D eigenvalue weighted by molar-refractivity contribution is -0.119. The van der Waals surface area contributed by atoms with E-state index in [4.69, 9.17) is 0 Å². The van der Waals surface area contributed by atoms with Crippen LogP contribution in [0.3, 0.4) is 0 Å². The van der Waals surface area contributed by atoms with Crippen LogP contribution in [0.1, 0.15) is 41.0 Å². The summed E-state index contributed by atoms with van der Waals surface area (Å²) in [6, 6.07) is -0.303. The Kier molecular flexibility index (Phi) is 8.83. The Hall–Kier alpha value is -0.570. The summed E-state index contributed by atoms with van der Waals surface area (Å²) >= 11 is 4.27. The van der Waals surface area contributed by atoms with Gasteiger partial charge in [0, 0.05) is 30.3 Å². The summed E-state index contributed by atoms with van der Waals surface area (Å²) in [6.45, 7) is 12.5. The van der Waals surface area contributed by atoms with E-state index in [1.165, 1.54) is 6.92 Å². The van der Waals surface area contributed by atoms with Crippen molar-refractivity contribution in [2.75, 3.05) is 12.8 Å². The van der Waals surface area contributed by atoms with Gasteiger partial charge in [-0.15, -0.1) is 0 Å². The van der Waals surface area contributed by atoms with Crippen LogP contribution in [-0.2, 0) is 14.8 Å². The lowest BCUT2D eigenvalue weighted by atomic mass is 9.92. The number of carbonyl (C=O) groups excluding carboxylic acids is 1. The average Bonchev–Trinajstić information content (AvgIpc) is 2.38. The highest BCUT2D eigenvalue weighted by Crippen LogP contribution is 2.20. The summed E-state index contributed by atoms with van der Waals surface area (Å²) in [5.41, 5.74) is -0.563. The smallest absolute Gasteiger partial charge is 0.236 e. The van der Waals surface area contributed by atoms with Gasteiger partial charge in [-0.3, -0.25) is 4.79 Å². The van der Waals surface area contributed by atoms with Crippen LogP contribution in [0.4, 0.5) is 0 Å². The van der Waals surface area contributed by atoms with E-state index in [-0.39, 0.29) is 35.2 Å². The van der Waals surface area contributed by atoms with Crippen LogP contribution >= 0.6 is 12.6 Å². The van der Waals surface area contributed by atoms with E-state index in [1.54, 1.807) is 27.8 Å². The Morgan fingerprint density at radius 3 is 2.13 bits per heavy atom. The van der Waals surface area contributed by atoms with Gasteiger partial charge >= 0.3 is 0 Å². The molecule has 0 aromatic heterocycles. The molecule has 0 spiro atoms. The van der Waals surface area contributed by atoms with Gasteiger partial charge in [-0.1, -0.05) is 13.5 Å². The molecule has 136 valence electrons. The fourth-order valence-electron chi connectivity index (χ4n) is 2.27. The Bertz CT molecular complexity index is 513. The molecule has 1 amide bonds. The summed E-state index contributed by atoms with van der Waals surface area (Å²) in [7, 11) is -1.84. The van der Waals surface area contributed by atoms with E-state index < -0.39 is 15.6 Å². The highest BCUT2D eigenvalue weighted by atomic mass is 32.2. The molecule has 1 unspecified atom stereocenters. The van der Waals surface area contributed by atoms with Gasteiger partial charge in [0.2, 0.25) is 15.9 Å². The fraction of sp³-hybridized carbons (Fsp3) is 0.800. The number of rotatable bonds is 9. The first kappa shape index (κ1) is 22.4. The second-order valence-electron chi connectivity index (χ2n) is 6.84. The second kappa shape index (κ2) is 9.05. The summed E-state index contributed by atoms with van der Waals surface area (Å²) in [5, 5.41) is 5.96. The third-order valence-corrected chi connectivity index (χ3v) is 5.69. The van der Waals surface area contributed by atoms with Gasteiger partial charge in [0.25, 0.3) is 0 Å².